The maximum absolute atomic E-state index is 10.7. The van der Waals surface area contributed by atoms with Crippen LogP contribution < -0.4 is 5.73 Å². The van der Waals surface area contributed by atoms with Crippen LogP contribution in [0.5, 0.6) is 0 Å². The molecule has 0 aromatic carbocycles. The molecule has 0 spiro atoms. The number of esters is 1. The van der Waals surface area contributed by atoms with Crippen molar-refractivity contribution in [2.45, 2.75) is 19.9 Å². The Bertz CT molecular complexity index is 101. The van der Waals surface area contributed by atoms with Crippen LogP contribution in [0.3, 0.4) is 0 Å². The topological polar surface area (TPSA) is 52.3 Å². The largest absolute Gasteiger partial charge is 0.469 e. The molecule has 0 radical (unpaired) electrons. The van der Waals surface area contributed by atoms with E-state index >= 15 is 0 Å². The first kappa shape index (κ1) is 8.43. The maximum atomic E-state index is 10.7. The van der Waals surface area contributed by atoms with Crippen LogP contribution in [-0.2, 0) is 9.53 Å². The van der Waals surface area contributed by atoms with Crippen molar-refractivity contribution in [2.24, 2.45) is 11.7 Å². The Balaban J connectivity index is 3.72. The molecular formula is C6H13NO2. The van der Waals surface area contributed by atoms with Gasteiger partial charge in [-0.15, -0.1) is 0 Å². The summed E-state index contributed by atoms with van der Waals surface area (Å²) in [5.74, 6) is -0.444. The minimum absolute atomic E-state index is 0.127. The summed E-state index contributed by atoms with van der Waals surface area (Å²) in [6.07, 6.45) is 0. The van der Waals surface area contributed by atoms with Crippen molar-refractivity contribution in [1.29, 1.82) is 0 Å². The molecule has 0 saturated heterocycles. The van der Waals surface area contributed by atoms with E-state index in [4.69, 9.17) is 5.73 Å². The summed E-state index contributed by atoms with van der Waals surface area (Å²) in [7, 11) is 1.36. The van der Waals surface area contributed by atoms with Crippen molar-refractivity contribution < 1.29 is 9.53 Å². The van der Waals surface area contributed by atoms with Gasteiger partial charge in [0.05, 0.1) is 13.0 Å². The van der Waals surface area contributed by atoms with Crippen molar-refractivity contribution in [3.8, 4) is 0 Å². The highest BCUT2D eigenvalue weighted by Gasteiger charge is 2.16. The SMILES string of the molecule is COC(=O)[C@@H](C)C(C)N. The summed E-state index contributed by atoms with van der Waals surface area (Å²) in [6, 6.07) is -0.127. The van der Waals surface area contributed by atoms with E-state index in [-0.39, 0.29) is 17.9 Å². The van der Waals surface area contributed by atoms with Crippen LogP contribution in [0.25, 0.3) is 0 Å². The monoisotopic (exact) mass is 131 g/mol. The molecule has 0 amide bonds. The Morgan fingerprint density at radius 2 is 2.00 bits per heavy atom. The summed E-state index contributed by atoms with van der Waals surface area (Å²) >= 11 is 0. The Morgan fingerprint density at radius 1 is 1.56 bits per heavy atom. The molecule has 9 heavy (non-hydrogen) atoms. The van der Waals surface area contributed by atoms with Gasteiger partial charge in [-0.1, -0.05) is 6.92 Å². The first-order valence-corrected chi connectivity index (χ1v) is 2.93. The highest BCUT2D eigenvalue weighted by atomic mass is 16.5. The van der Waals surface area contributed by atoms with Crippen LogP contribution in [0.1, 0.15) is 13.8 Å². The molecule has 0 saturated carbocycles. The van der Waals surface area contributed by atoms with E-state index < -0.39 is 0 Å². The van der Waals surface area contributed by atoms with E-state index in [9.17, 15) is 4.79 Å². The van der Waals surface area contributed by atoms with E-state index in [0.717, 1.165) is 0 Å². The third kappa shape index (κ3) is 2.46. The van der Waals surface area contributed by atoms with Gasteiger partial charge in [0, 0.05) is 6.04 Å². The molecule has 0 aromatic heterocycles. The van der Waals surface area contributed by atoms with Gasteiger partial charge in [-0.05, 0) is 6.92 Å². The van der Waals surface area contributed by atoms with Gasteiger partial charge >= 0.3 is 5.97 Å². The molecule has 0 heterocycles. The quantitative estimate of drug-likeness (QED) is 0.542. The first-order valence-electron chi connectivity index (χ1n) is 2.93. The van der Waals surface area contributed by atoms with Gasteiger partial charge in [0.1, 0.15) is 0 Å². The Kier molecular flexibility index (Phi) is 3.24. The third-order valence-corrected chi connectivity index (χ3v) is 1.36. The molecule has 0 aliphatic rings. The summed E-state index contributed by atoms with van der Waals surface area (Å²) in [6.45, 7) is 3.53. The zero-order chi connectivity index (χ0) is 7.44. The smallest absolute Gasteiger partial charge is 0.309 e. The molecule has 0 aromatic rings. The van der Waals surface area contributed by atoms with Gasteiger partial charge in [-0.3, -0.25) is 4.79 Å². The van der Waals surface area contributed by atoms with Crippen LogP contribution in [0.15, 0.2) is 0 Å². The standard InChI is InChI=1S/C6H13NO2/c1-4(5(2)7)6(8)9-3/h4-5H,7H2,1-3H3/t4-,5?/m0/s1. The summed E-state index contributed by atoms with van der Waals surface area (Å²) in [4.78, 5) is 10.7. The van der Waals surface area contributed by atoms with Gasteiger partial charge < -0.3 is 10.5 Å². The normalized spacial score (nSPS) is 16.4. The lowest BCUT2D eigenvalue weighted by Crippen LogP contribution is -2.31. The number of carbonyl (C=O) groups excluding carboxylic acids is 1. The lowest BCUT2D eigenvalue weighted by Gasteiger charge is -2.11. The fourth-order valence-corrected chi connectivity index (χ4v) is 0.401. The minimum atomic E-state index is -0.245. The summed E-state index contributed by atoms with van der Waals surface area (Å²) in [5.41, 5.74) is 5.41. The molecule has 0 rings (SSSR count). The van der Waals surface area contributed by atoms with Crippen LogP contribution in [0.4, 0.5) is 0 Å². The molecule has 3 nitrogen and oxygen atoms in total. The molecule has 0 aliphatic carbocycles. The number of ether oxygens (including phenoxy) is 1. The predicted molar refractivity (Wildman–Crippen MR) is 34.8 cm³/mol. The number of nitrogens with two attached hydrogens (primary N) is 1. The Morgan fingerprint density at radius 3 is 2.11 bits per heavy atom. The lowest BCUT2D eigenvalue weighted by molar-refractivity contribution is -0.145. The zero-order valence-electron chi connectivity index (χ0n) is 6.05. The van der Waals surface area contributed by atoms with Crippen molar-refractivity contribution >= 4 is 5.97 Å². The Labute approximate surface area is 55.2 Å². The second-order valence-electron chi connectivity index (χ2n) is 2.17. The molecule has 2 N–H and O–H groups in total. The van der Waals surface area contributed by atoms with Crippen molar-refractivity contribution in [3.05, 3.63) is 0 Å². The highest BCUT2D eigenvalue weighted by molar-refractivity contribution is 5.72. The average molecular weight is 131 g/mol. The predicted octanol–water partition coefficient (Wildman–Crippen LogP) is 0.143. The summed E-state index contributed by atoms with van der Waals surface area (Å²) < 4.78 is 4.45. The number of methoxy groups -OCH3 is 1. The zero-order valence-corrected chi connectivity index (χ0v) is 6.05. The third-order valence-electron chi connectivity index (χ3n) is 1.36. The average Bonchev–Trinajstić information content (AvgIpc) is 1.84. The molecule has 1 unspecified atom stereocenters. The second kappa shape index (κ2) is 3.45. The van der Waals surface area contributed by atoms with Crippen LogP contribution in [0, 0.1) is 5.92 Å². The summed E-state index contributed by atoms with van der Waals surface area (Å²) in [5, 5.41) is 0. The molecular weight excluding hydrogens is 118 g/mol. The van der Waals surface area contributed by atoms with Gasteiger partial charge in [0.2, 0.25) is 0 Å². The second-order valence-corrected chi connectivity index (χ2v) is 2.17. The van der Waals surface area contributed by atoms with Crippen molar-refractivity contribution in [1.82, 2.24) is 0 Å². The first-order chi connectivity index (χ1) is 4.09. The fourth-order valence-electron chi connectivity index (χ4n) is 0.401. The molecule has 0 aliphatic heterocycles. The van der Waals surface area contributed by atoms with Crippen LogP contribution in [-0.4, -0.2) is 19.1 Å². The van der Waals surface area contributed by atoms with Crippen LogP contribution in [0.2, 0.25) is 0 Å². The van der Waals surface area contributed by atoms with Gasteiger partial charge in [0.25, 0.3) is 0 Å². The van der Waals surface area contributed by atoms with E-state index in [2.05, 4.69) is 4.74 Å². The minimum Gasteiger partial charge on any atom is -0.469 e. The number of carbonyl (C=O) groups is 1. The van der Waals surface area contributed by atoms with Gasteiger partial charge in [-0.25, -0.2) is 0 Å². The number of rotatable bonds is 2. The van der Waals surface area contributed by atoms with E-state index in [1.54, 1.807) is 13.8 Å². The molecule has 54 valence electrons. The highest BCUT2D eigenvalue weighted by Crippen LogP contribution is 2.00. The van der Waals surface area contributed by atoms with E-state index in [1.807, 2.05) is 0 Å². The number of hydrogen-bond acceptors (Lipinski definition) is 3. The molecule has 2 atom stereocenters. The maximum Gasteiger partial charge on any atom is 0.309 e. The molecule has 3 heteroatoms. The fraction of sp³-hybridized carbons (Fsp3) is 0.833. The molecule has 0 bridgehead atoms. The Hall–Kier alpha value is -0.570. The van der Waals surface area contributed by atoms with Gasteiger partial charge in [0.15, 0.2) is 0 Å². The van der Waals surface area contributed by atoms with Crippen LogP contribution >= 0.6 is 0 Å². The van der Waals surface area contributed by atoms with Gasteiger partial charge in [-0.2, -0.15) is 0 Å². The van der Waals surface area contributed by atoms with E-state index in [1.165, 1.54) is 7.11 Å². The number of hydrogen-bond donors (Lipinski definition) is 1. The lowest BCUT2D eigenvalue weighted by atomic mass is 10.1. The molecule has 0 fully saturated rings. The van der Waals surface area contributed by atoms with E-state index in [0.29, 0.717) is 0 Å². The van der Waals surface area contributed by atoms with Crippen molar-refractivity contribution in [3.63, 3.8) is 0 Å². The van der Waals surface area contributed by atoms with Crippen molar-refractivity contribution in [2.75, 3.05) is 7.11 Å².